The number of nitrogen functional groups attached to an aromatic ring is 1. The molecule has 1 amide bonds. The lowest BCUT2D eigenvalue weighted by Gasteiger charge is -2.11. The van der Waals surface area contributed by atoms with Crippen LogP contribution in [0.25, 0.3) is 5.69 Å². The van der Waals surface area contributed by atoms with Crippen LogP contribution in [0.1, 0.15) is 29.1 Å². The van der Waals surface area contributed by atoms with Crippen LogP contribution < -0.4 is 11.1 Å². The minimum absolute atomic E-state index is 0.0881. The number of nitrogens with two attached hydrogens (primary N) is 1. The van der Waals surface area contributed by atoms with Crippen molar-refractivity contribution in [1.82, 2.24) is 30.3 Å². The van der Waals surface area contributed by atoms with Gasteiger partial charge in [-0.05, 0) is 19.1 Å². The molecule has 0 saturated carbocycles. The summed E-state index contributed by atoms with van der Waals surface area (Å²) in [6.07, 6.45) is 4.61. The Morgan fingerprint density at radius 2 is 1.96 bits per heavy atom. The summed E-state index contributed by atoms with van der Waals surface area (Å²) in [5.74, 6) is -0.317. The van der Waals surface area contributed by atoms with Gasteiger partial charge >= 0.3 is 0 Å². The number of rotatable bonds is 4. The van der Waals surface area contributed by atoms with Gasteiger partial charge in [0.25, 0.3) is 5.91 Å². The van der Waals surface area contributed by atoms with Crippen LogP contribution in [0.15, 0.2) is 48.9 Å². The SMILES string of the molecule is C[C@H](NC(=O)c1nccnc1N)c1cn(-c2ccccc2)nn1. The van der Waals surface area contributed by atoms with E-state index in [4.69, 9.17) is 5.73 Å². The van der Waals surface area contributed by atoms with Crippen molar-refractivity contribution in [2.75, 3.05) is 5.73 Å². The maximum Gasteiger partial charge on any atom is 0.274 e. The fourth-order valence-corrected chi connectivity index (χ4v) is 2.04. The smallest absolute Gasteiger partial charge is 0.274 e. The normalized spacial score (nSPS) is 11.9. The molecule has 0 radical (unpaired) electrons. The average molecular weight is 309 g/mol. The van der Waals surface area contributed by atoms with Gasteiger partial charge in [0.15, 0.2) is 11.5 Å². The molecular weight excluding hydrogens is 294 g/mol. The maximum absolute atomic E-state index is 12.2. The molecule has 0 saturated heterocycles. The first kappa shape index (κ1) is 14.6. The maximum atomic E-state index is 12.2. The van der Waals surface area contributed by atoms with Crippen LogP contribution in [0.4, 0.5) is 5.82 Å². The second kappa shape index (κ2) is 6.22. The van der Waals surface area contributed by atoms with Crippen LogP contribution in [0.2, 0.25) is 0 Å². The van der Waals surface area contributed by atoms with E-state index >= 15 is 0 Å². The van der Waals surface area contributed by atoms with Crippen molar-refractivity contribution in [3.05, 3.63) is 60.3 Å². The van der Waals surface area contributed by atoms with E-state index in [1.807, 2.05) is 37.3 Å². The average Bonchev–Trinajstić information content (AvgIpc) is 3.06. The highest BCUT2D eigenvalue weighted by Gasteiger charge is 2.17. The highest BCUT2D eigenvalue weighted by atomic mass is 16.2. The quantitative estimate of drug-likeness (QED) is 0.747. The number of para-hydroxylation sites is 1. The van der Waals surface area contributed by atoms with Gasteiger partial charge in [-0.2, -0.15) is 0 Å². The van der Waals surface area contributed by atoms with Gasteiger partial charge in [-0.1, -0.05) is 23.4 Å². The number of hydrogen-bond acceptors (Lipinski definition) is 6. The van der Waals surface area contributed by atoms with E-state index in [-0.39, 0.29) is 17.6 Å². The van der Waals surface area contributed by atoms with Crippen molar-refractivity contribution in [2.24, 2.45) is 0 Å². The summed E-state index contributed by atoms with van der Waals surface area (Å²) in [7, 11) is 0. The predicted octanol–water partition coefficient (Wildman–Crippen LogP) is 1.13. The Bertz CT molecular complexity index is 815. The number of aromatic nitrogens is 5. The molecular formula is C15H15N7O. The van der Waals surface area contributed by atoms with Gasteiger partial charge in [-0.3, -0.25) is 4.79 Å². The van der Waals surface area contributed by atoms with Crippen molar-refractivity contribution in [3.63, 3.8) is 0 Å². The van der Waals surface area contributed by atoms with E-state index in [1.54, 1.807) is 10.9 Å². The monoisotopic (exact) mass is 309 g/mol. The minimum atomic E-state index is -0.405. The van der Waals surface area contributed by atoms with E-state index < -0.39 is 5.91 Å². The number of nitrogens with one attached hydrogen (secondary N) is 1. The highest BCUT2D eigenvalue weighted by Crippen LogP contribution is 2.13. The van der Waals surface area contributed by atoms with Gasteiger partial charge in [0.1, 0.15) is 5.69 Å². The summed E-state index contributed by atoms with van der Waals surface area (Å²) < 4.78 is 1.65. The molecule has 0 unspecified atom stereocenters. The number of benzene rings is 1. The van der Waals surface area contributed by atoms with Crippen LogP contribution in [0, 0.1) is 0 Å². The predicted molar refractivity (Wildman–Crippen MR) is 83.7 cm³/mol. The molecule has 0 bridgehead atoms. The number of carbonyl (C=O) groups excluding carboxylic acids is 1. The molecule has 1 aromatic carbocycles. The highest BCUT2D eigenvalue weighted by molar-refractivity contribution is 5.96. The third-order valence-corrected chi connectivity index (χ3v) is 3.26. The lowest BCUT2D eigenvalue weighted by atomic mass is 10.2. The number of hydrogen-bond donors (Lipinski definition) is 2. The van der Waals surface area contributed by atoms with Crippen LogP contribution in [0.3, 0.4) is 0 Å². The Morgan fingerprint density at radius 3 is 2.70 bits per heavy atom. The second-order valence-corrected chi connectivity index (χ2v) is 4.91. The van der Waals surface area contributed by atoms with Crippen LogP contribution in [0.5, 0.6) is 0 Å². The molecule has 2 heterocycles. The summed E-state index contributed by atoms with van der Waals surface area (Å²) in [6, 6.07) is 9.25. The Hall–Kier alpha value is -3.29. The lowest BCUT2D eigenvalue weighted by Crippen LogP contribution is -2.28. The Morgan fingerprint density at radius 1 is 1.22 bits per heavy atom. The van der Waals surface area contributed by atoms with E-state index in [9.17, 15) is 4.79 Å². The summed E-state index contributed by atoms with van der Waals surface area (Å²) in [4.78, 5) is 20.0. The van der Waals surface area contributed by atoms with Crippen molar-refractivity contribution in [3.8, 4) is 5.69 Å². The molecule has 1 atom stereocenters. The Balaban J connectivity index is 1.74. The molecule has 8 heteroatoms. The molecule has 0 aliphatic carbocycles. The molecule has 3 N–H and O–H groups in total. The molecule has 0 spiro atoms. The third-order valence-electron chi connectivity index (χ3n) is 3.26. The topological polar surface area (TPSA) is 112 Å². The summed E-state index contributed by atoms with van der Waals surface area (Å²) in [5.41, 5.74) is 7.26. The van der Waals surface area contributed by atoms with Crippen LogP contribution >= 0.6 is 0 Å². The van der Waals surface area contributed by atoms with E-state index in [0.717, 1.165) is 5.69 Å². The first-order chi connectivity index (χ1) is 11.1. The van der Waals surface area contributed by atoms with Crippen molar-refractivity contribution < 1.29 is 4.79 Å². The van der Waals surface area contributed by atoms with Crippen molar-refractivity contribution >= 4 is 11.7 Å². The van der Waals surface area contributed by atoms with Gasteiger partial charge in [-0.25, -0.2) is 14.6 Å². The van der Waals surface area contributed by atoms with Gasteiger partial charge in [0.05, 0.1) is 17.9 Å². The molecule has 8 nitrogen and oxygen atoms in total. The summed E-state index contributed by atoms with van der Waals surface area (Å²) in [5, 5.41) is 10.9. The molecule has 116 valence electrons. The second-order valence-electron chi connectivity index (χ2n) is 4.91. The van der Waals surface area contributed by atoms with Gasteiger partial charge in [0, 0.05) is 12.4 Å². The molecule has 2 aromatic heterocycles. The zero-order valence-corrected chi connectivity index (χ0v) is 12.4. The third kappa shape index (κ3) is 3.15. The van der Waals surface area contributed by atoms with E-state index in [0.29, 0.717) is 5.69 Å². The fraction of sp³-hybridized carbons (Fsp3) is 0.133. The minimum Gasteiger partial charge on any atom is -0.382 e. The molecule has 23 heavy (non-hydrogen) atoms. The van der Waals surface area contributed by atoms with E-state index in [2.05, 4.69) is 25.6 Å². The van der Waals surface area contributed by atoms with Gasteiger partial charge in [-0.15, -0.1) is 5.10 Å². The van der Waals surface area contributed by atoms with Crippen LogP contribution in [-0.4, -0.2) is 30.9 Å². The van der Waals surface area contributed by atoms with Gasteiger partial charge < -0.3 is 11.1 Å². The summed E-state index contributed by atoms with van der Waals surface area (Å²) in [6.45, 7) is 1.81. The largest absolute Gasteiger partial charge is 0.382 e. The number of carbonyl (C=O) groups is 1. The van der Waals surface area contributed by atoms with Gasteiger partial charge in [0.2, 0.25) is 0 Å². The van der Waals surface area contributed by atoms with Crippen LogP contribution in [-0.2, 0) is 0 Å². The first-order valence-corrected chi connectivity index (χ1v) is 7.00. The zero-order valence-electron chi connectivity index (χ0n) is 12.4. The van der Waals surface area contributed by atoms with Crippen molar-refractivity contribution in [1.29, 1.82) is 0 Å². The molecule has 3 rings (SSSR count). The molecule has 0 aliphatic heterocycles. The standard InChI is InChI=1S/C15H15N7O/c1-10(19-15(23)13-14(16)18-8-7-17-13)12-9-22(21-20-12)11-5-3-2-4-6-11/h2-10H,1H3,(H2,16,18)(H,19,23)/t10-/m0/s1. The number of anilines is 1. The first-order valence-electron chi connectivity index (χ1n) is 7.00. The number of nitrogens with zero attached hydrogens (tertiary/aromatic N) is 5. The molecule has 0 fully saturated rings. The molecule has 3 aromatic rings. The number of amides is 1. The Labute approximate surface area is 132 Å². The lowest BCUT2D eigenvalue weighted by molar-refractivity contribution is 0.0934. The molecule has 0 aliphatic rings. The van der Waals surface area contributed by atoms with Crippen molar-refractivity contribution in [2.45, 2.75) is 13.0 Å². The van der Waals surface area contributed by atoms with E-state index in [1.165, 1.54) is 12.4 Å². The zero-order chi connectivity index (χ0) is 16.2. The Kier molecular flexibility index (Phi) is 3.96. The summed E-state index contributed by atoms with van der Waals surface area (Å²) >= 11 is 0. The fourth-order valence-electron chi connectivity index (χ4n) is 2.04.